The van der Waals surface area contributed by atoms with E-state index in [2.05, 4.69) is 17.3 Å². The monoisotopic (exact) mass is 373 g/mol. The van der Waals surface area contributed by atoms with Gasteiger partial charge in [-0.1, -0.05) is 18.9 Å². The first-order valence-electron chi connectivity index (χ1n) is 9.99. The molecule has 2 fully saturated rings. The molecule has 0 radical (unpaired) electrons. The molecule has 0 aromatic heterocycles. The molecule has 2 amide bonds. The summed E-state index contributed by atoms with van der Waals surface area (Å²) in [5.41, 5.74) is 0.605. The zero-order valence-electron chi connectivity index (χ0n) is 16.4. The molecule has 0 bridgehead atoms. The Morgan fingerprint density at radius 3 is 2.78 bits per heavy atom. The van der Waals surface area contributed by atoms with Gasteiger partial charge >= 0.3 is 0 Å². The molecule has 1 saturated carbocycles. The third-order valence-electron chi connectivity index (χ3n) is 5.87. The molecule has 6 heteroatoms. The number of rotatable bonds is 7. The molecule has 2 aliphatic rings. The van der Waals surface area contributed by atoms with Crippen LogP contribution in [0, 0.1) is 5.92 Å². The van der Waals surface area contributed by atoms with Crippen LogP contribution < -0.4 is 10.1 Å². The van der Waals surface area contributed by atoms with Gasteiger partial charge in [0.2, 0.25) is 5.91 Å². The van der Waals surface area contributed by atoms with Crippen LogP contribution >= 0.6 is 0 Å². The second-order valence-electron chi connectivity index (χ2n) is 7.68. The number of ether oxygens (including phenoxy) is 1. The average molecular weight is 373 g/mol. The van der Waals surface area contributed by atoms with Crippen LogP contribution in [-0.4, -0.2) is 68.0 Å². The number of carbonyl (C=O) groups is 2. The number of hydrogen-bond donors (Lipinski definition) is 1. The lowest BCUT2D eigenvalue weighted by atomic mass is 10.1. The molecule has 1 aromatic carbocycles. The third kappa shape index (κ3) is 5.01. The van der Waals surface area contributed by atoms with E-state index in [1.807, 2.05) is 12.1 Å². The SMILES string of the molecule is COc1cccc(C(=O)N2CCC(C(=O)NCCN(C)C3CCCC3)C2)c1. The Morgan fingerprint density at radius 1 is 1.26 bits per heavy atom. The first kappa shape index (κ1) is 19.7. The molecule has 1 unspecified atom stereocenters. The maximum absolute atomic E-state index is 12.7. The van der Waals surface area contributed by atoms with Gasteiger partial charge in [0.1, 0.15) is 5.75 Å². The van der Waals surface area contributed by atoms with Gasteiger partial charge in [0.25, 0.3) is 5.91 Å². The summed E-state index contributed by atoms with van der Waals surface area (Å²) in [4.78, 5) is 29.3. The van der Waals surface area contributed by atoms with Crippen LogP contribution in [0.15, 0.2) is 24.3 Å². The number of methoxy groups -OCH3 is 1. The first-order chi connectivity index (χ1) is 13.1. The Kier molecular flexibility index (Phi) is 6.72. The van der Waals surface area contributed by atoms with Gasteiger partial charge in [0.15, 0.2) is 0 Å². The lowest BCUT2D eigenvalue weighted by Gasteiger charge is -2.24. The Hall–Kier alpha value is -2.08. The molecule has 1 atom stereocenters. The number of benzene rings is 1. The predicted molar refractivity (Wildman–Crippen MR) is 105 cm³/mol. The number of amides is 2. The number of carbonyl (C=O) groups excluding carboxylic acids is 2. The molecule has 1 saturated heterocycles. The minimum Gasteiger partial charge on any atom is -0.497 e. The molecule has 1 heterocycles. The highest BCUT2D eigenvalue weighted by molar-refractivity contribution is 5.95. The Morgan fingerprint density at radius 2 is 2.04 bits per heavy atom. The number of nitrogens with one attached hydrogen (secondary N) is 1. The topological polar surface area (TPSA) is 61.9 Å². The van der Waals surface area contributed by atoms with Crippen molar-refractivity contribution in [2.24, 2.45) is 5.92 Å². The van der Waals surface area contributed by atoms with E-state index in [4.69, 9.17) is 4.74 Å². The molecular formula is C21H31N3O3. The maximum Gasteiger partial charge on any atom is 0.254 e. The smallest absolute Gasteiger partial charge is 0.254 e. The van der Waals surface area contributed by atoms with Gasteiger partial charge in [0.05, 0.1) is 13.0 Å². The van der Waals surface area contributed by atoms with Gasteiger partial charge in [0, 0.05) is 37.8 Å². The van der Waals surface area contributed by atoms with Gasteiger partial charge in [-0.25, -0.2) is 0 Å². The molecule has 6 nitrogen and oxygen atoms in total. The highest BCUT2D eigenvalue weighted by Crippen LogP contribution is 2.22. The molecule has 27 heavy (non-hydrogen) atoms. The zero-order chi connectivity index (χ0) is 19.2. The van der Waals surface area contributed by atoms with Crippen LogP contribution in [0.25, 0.3) is 0 Å². The van der Waals surface area contributed by atoms with Crippen molar-refractivity contribution >= 4 is 11.8 Å². The van der Waals surface area contributed by atoms with Crippen molar-refractivity contribution in [1.29, 1.82) is 0 Å². The summed E-state index contributed by atoms with van der Waals surface area (Å²) in [5.74, 6) is 0.581. The van der Waals surface area contributed by atoms with E-state index in [9.17, 15) is 9.59 Å². The second-order valence-corrected chi connectivity index (χ2v) is 7.68. The van der Waals surface area contributed by atoms with Crippen molar-refractivity contribution < 1.29 is 14.3 Å². The van der Waals surface area contributed by atoms with Gasteiger partial charge in [-0.05, 0) is 44.5 Å². The molecule has 148 valence electrons. The second kappa shape index (κ2) is 9.22. The summed E-state index contributed by atoms with van der Waals surface area (Å²) < 4.78 is 5.19. The number of nitrogens with zero attached hydrogens (tertiary/aromatic N) is 2. The molecule has 1 aliphatic heterocycles. The lowest BCUT2D eigenvalue weighted by molar-refractivity contribution is -0.124. The van der Waals surface area contributed by atoms with Crippen LogP contribution in [0.2, 0.25) is 0 Å². The Bertz CT molecular complexity index is 658. The van der Waals surface area contributed by atoms with Crippen molar-refractivity contribution in [1.82, 2.24) is 15.1 Å². The minimum atomic E-state index is -0.114. The van der Waals surface area contributed by atoms with Gasteiger partial charge in [-0.15, -0.1) is 0 Å². The standard InChI is InChI=1S/C21H31N3O3/c1-23(18-7-3-4-8-18)13-11-22-20(25)17-10-12-24(15-17)21(26)16-6-5-9-19(14-16)27-2/h5-6,9,14,17-18H,3-4,7-8,10-13,15H2,1-2H3,(H,22,25). The molecule has 1 aliphatic carbocycles. The Balaban J connectivity index is 1.44. The van der Waals surface area contributed by atoms with E-state index in [0.29, 0.717) is 37.0 Å². The minimum absolute atomic E-state index is 0.0369. The van der Waals surface area contributed by atoms with Crippen LogP contribution in [0.3, 0.4) is 0 Å². The van der Waals surface area contributed by atoms with Crippen molar-refractivity contribution in [2.75, 3.05) is 40.3 Å². The fourth-order valence-corrected chi connectivity index (χ4v) is 4.12. The van der Waals surface area contributed by atoms with Gasteiger partial charge < -0.3 is 19.9 Å². The van der Waals surface area contributed by atoms with Gasteiger partial charge in [-0.2, -0.15) is 0 Å². The van der Waals surface area contributed by atoms with Crippen LogP contribution in [0.4, 0.5) is 0 Å². The normalized spacial score (nSPS) is 20.3. The summed E-state index contributed by atoms with van der Waals surface area (Å²) in [7, 11) is 3.73. The van der Waals surface area contributed by atoms with E-state index < -0.39 is 0 Å². The van der Waals surface area contributed by atoms with Crippen molar-refractivity contribution in [2.45, 2.75) is 38.1 Å². The Labute approximate surface area is 161 Å². The fourth-order valence-electron chi connectivity index (χ4n) is 4.12. The van der Waals surface area contributed by atoms with Crippen molar-refractivity contribution in [3.05, 3.63) is 29.8 Å². The van der Waals surface area contributed by atoms with Crippen molar-refractivity contribution in [3.8, 4) is 5.75 Å². The van der Waals surface area contributed by atoms with Crippen LogP contribution in [0.5, 0.6) is 5.75 Å². The highest BCUT2D eigenvalue weighted by Gasteiger charge is 2.31. The maximum atomic E-state index is 12.7. The van der Waals surface area contributed by atoms with E-state index in [1.165, 1.54) is 25.7 Å². The van der Waals surface area contributed by atoms with E-state index in [-0.39, 0.29) is 17.7 Å². The van der Waals surface area contributed by atoms with E-state index in [1.54, 1.807) is 24.1 Å². The van der Waals surface area contributed by atoms with Crippen molar-refractivity contribution in [3.63, 3.8) is 0 Å². The summed E-state index contributed by atoms with van der Waals surface area (Å²) >= 11 is 0. The first-order valence-corrected chi connectivity index (χ1v) is 9.99. The fraction of sp³-hybridized carbons (Fsp3) is 0.619. The lowest BCUT2D eigenvalue weighted by Crippen LogP contribution is -2.40. The number of likely N-dealkylation sites (tertiary alicyclic amines) is 1. The number of likely N-dealkylation sites (N-methyl/N-ethyl adjacent to an activating group) is 1. The van der Waals surface area contributed by atoms with E-state index in [0.717, 1.165) is 13.0 Å². The summed E-state index contributed by atoms with van der Waals surface area (Å²) in [6.45, 7) is 2.66. The quantitative estimate of drug-likeness (QED) is 0.796. The molecule has 1 aromatic rings. The molecular weight excluding hydrogens is 342 g/mol. The van der Waals surface area contributed by atoms with Gasteiger partial charge in [-0.3, -0.25) is 9.59 Å². The summed E-state index contributed by atoms with van der Waals surface area (Å²) in [6.07, 6.45) is 5.91. The average Bonchev–Trinajstić information content (AvgIpc) is 3.39. The summed E-state index contributed by atoms with van der Waals surface area (Å²) in [5, 5.41) is 3.06. The van der Waals surface area contributed by atoms with E-state index >= 15 is 0 Å². The zero-order valence-corrected chi connectivity index (χ0v) is 16.4. The van der Waals surface area contributed by atoms with Crippen LogP contribution in [0.1, 0.15) is 42.5 Å². The summed E-state index contributed by atoms with van der Waals surface area (Å²) in [6, 6.07) is 7.84. The molecule has 1 N–H and O–H groups in total. The predicted octanol–water partition coefficient (Wildman–Crippen LogP) is 2.15. The largest absolute Gasteiger partial charge is 0.497 e. The molecule has 3 rings (SSSR count). The van der Waals surface area contributed by atoms with Crippen LogP contribution in [-0.2, 0) is 4.79 Å². The third-order valence-corrected chi connectivity index (χ3v) is 5.87. The molecule has 0 spiro atoms. The number of hydrogen-bond acceptors (Lipinski definition) is 4. The highest BCUT2D eigenvalue weighted by atomic mass is 16.5.